The molecule has 0 spiro atoms. The molecule has 36 heavy (non-hydrogen) atoms. The van der Waals surface area contributed by atoms with Gasteiger partial charge in [0.25, 0.3) is 0 Å². The summed E-state index contributed by atoms with van der Waals surface area (Å²) in [5, 5.41) is 7.25. The molecule has 0 aliphatic carbocycles. The molecule has 6 nitrogen and oxygen atoms in total. The van der Waals surface area contributed by atoms with Gasteiger partial charge in [0.2, 0.25) is 5.90 Å². The Bertz CT molecular complexity index is 1180. The van der Waals surface area contributed by atoms with Crippen molar-refractivity contribution >= 4 is 34.4 Å². The quantitative estimate of drug-likeness (QED) is 0.371. The normalized spacial score (nSPS) is 19.3. The molecule has 2 aliphatic rings. The number of benzene rings is 3. The Labute approximate surface area is 213 Å². The van der Waals surface area contributed by atoms with E-state index >= 15 is 0 Å². The number of hydrogen-bond donors (Lipinski definition) is 2. The van der Waals surface area contributed by atoms with Gasteiger partial charge in [0, 0.05) is 11.3 Å². The monoisotopic (exact) mass is 482 g/mol. The molecule has 0 bridgehead atoms. The maximum Gasteiger partial charge on any atom is 0.218 e. The van der Waals surface area contributed by atoms with Gasteiger partial charge >= 0.3 is 0 Å². The first-order chi connectivity index (χ1) is 17.5. The Kier molecular flexibility index (Phi) is 7.05. The lowest BCUT2D eigenvalue weighted by molar-refractivity contribution is 0.0730. The molecule has 0 saturated carbocycles. The van der Waals surface area contributed by atoms with Crippen LogP contribution in [-0.2, 0) is 9.47 Å². The van der Waals surface area contributed by atoms with Gasteiger partial charge in [0.05, 0.1) is 41.0 Å². The van der Waals surface area contributed by atoms with Crippen LogP contribution >= 0.6 is 0 Å². The van der Waals surface area contributed by atoms with Crippen molar-refractivity contribution in [1.82, 2.24) is 0 Å². The van der Waals surface area contributed by atoms with Gasteiger partial charge in [0.15, 0.2) is 6.23 Å². The Morgan fingerprint density at radius 3 is 1.81 bits per heavy atom. The van der Waals surface area contributed by atoms with Gasteiger partial charge in [-0.05, 0) is 42.2 Å². The first-order valence-electron chi connectivity index (χ1n) is 12.7. The number of nitrogens with one attached hydrogen (secondary N) is 2. The summed E-state index contributed by atoms with van der Waals surface area (Å²) in [6, 6.07) is 24.8. The number of hydrogen-bond acceptors (Lipinski definition) is 6. The number of anilines is 4. The van der Waals surface area contributed by atoms with Gasteiger partial charge in [-0.1, -0.05) is 70.2 Å². The minimum absolute atomic E-state index is 0.0884. The lowest BCUT2D eigenvalue weighted by Crippen LogP contribution is -2.13. The van der Waals surface area contributed by atoms with Crippen LogP contribution in [0, 0.1) is 11.8 Å². The number of rotatable bonds is 8. The van der Waals surface area contributed by atoms with Gasteiger partial charge in [0.1, 0.15) is 6.61 Å². The molecule has 2 atom stereocenters. The highest BCUT2D eigenvalue weighted by molar-refractivity contribution is 6.07. The lowest BCUT2D eigenvalue weighted by Gasteiger charge is -2.18. The third-order valence-corrected chi connectivity index (χ3v) is 6.55. The molecule has 2 heterocycles. The molecule has 0 fully saturated rings. The van der Waals surface area contributed by atoms with Gasteiger partial charge in [-0.2, -0.15) is 0 Å². The average Bonchev–Trinajstić information content (AvgIpc) is 3.57. The van der Waals surface area contributed by atoms with Crippen molar-refractivity contribution in [2.24, 2.45) is 21.8 Å². The first-order valence-corrected chi connectivity index (χ1v) is 12.7. The second kappa shape index (κ2) is 10.5. The molecule has 3 aromatic rings. The van der Waals surface area contributed by atoms with E-state index in [1.165, 1.54) is 0 Å². The Balaban J connectivity index is 1.42. The van der Waals surface area contributed by atoms with E-state index in [0.29, 0.717) is 30.9 Å². The zero-order valence-electron chi connectivity index (χ0n) is 21.4. The van der Waals surface area contributed by atoms with E-state index in [1.54, 1.807) is 0 Å². The molecular formula is C30H34N4O2. The largest absolute Gasteiger partial charge is 0.475 e. The van der Waals surface area contributed by atoms with Crippen molar-refractivity contribution in [3.05, 3.63) is 83.9 Å². The Hall–Kier alpha value is -3.64. The maximum atomic E-state index is 5.98. The summed E-state index contributed by atoms with van der Waals surface area (Å²) < 4.78 is 11.9. The fourth-order valence-corrected chi connectivity index (χ4v) is 4.37. The van der Waals surface area contributed by atoms with Gasteiger partial charge in [-0.15, -0.1) is 0 Å². The first kappa shape index (κ1) is 24.1. The molecule has 0 radical (unpaired) electrons. The lowest BCUT2D eigenvalue weighted by atomic mass is 10.1. The third kappa shape index (κ3) is 5.14. The summed E-state index contributed by atoms with van der Waals surface area (Å²) in [6.45, 7) is 9.77. The summed E-state index contributed by atoms with van der Waals surface area (Å²) in [5.74, 6) is 1.49. The maximum absolute atomic E-state index is 5.98. The molecule has 0 aromatic heterocycles. The molecule has 0 amide bonds. The van der Waals surface area contributed by atoms with E-state index in [4.69, 9.17) is 19.5 Å². The zero-order valence-corrected chi connectivity index (χ0v) is 21.4. The highest BCUT2D eigenvalue weighted by Gasteiger charge is 2.25. The topological polar surface area (TPSA) is 67.2 Å². The summed E-state index contributed by atoms with van der Waals surface area (Å²) in [6.07, 6.45) is -0.0884. The van der Waals surface area contributed by atoms with Crippen LogP contribution in [0.1, 0.15) is 38.8 Å². The Morgan fingerprint density at radius 1 is 0.694 bits per heavy atom. The van der Waals surface area contributed by atoms with Gasteiger partial charge in [-0.3, -0.25) is 4.99 Å². The van der Waals surface area contributed by atoms with Crippen LogP contribution in [0.5, 0.6) is 0 Å². The summed E-state index contributed by atoms with van der Waals surface area (Å²) in [4.78, 5) is 9.67. The minimum atomic E-state index is -0.0884. The highest BCUT2D eigenvalue weighted by Crippen LogP contribution is 2.33. The van der Waals surface area contributed by atoms with Crippen molar-refractivity contribution < 1.29 is 9.47 Å². The number of aliphatic imine (C=N–C) groups is 2. The van der Waals surface area contributed by atoms with E-state index in [-0.39, 0.29) is 12.3 Å². The molecule has 3 aromatic carbocycles. The van der Waals surface area contributed by atoms with Crippen LogP contribution < -0.4 is 10.6 Å². The molecule has 186 valence electrons. The van der Waals surface area contributed by atoms with Crippen molar-refractivity contribution in [3.63, 3.8) is 0 Å². The van der Waals surface area contributed by atoms with E-state index in [1.807, 2.05) is 36.4 Å². The SMILES string of the molecule is CC(C)[C@@H]1N=C(c2ccccc2Nc2ccccc2Nc2ccccc2C2=N[C@@H](C(C)C)CO2)CO1. The fourth-order valence-electron chi connectivity index (χ4n) is 4.37. The molecular weight excluding hydrogens is 448 g/mol. The van der Waals surface area contributed by atoms with Crippen LogP contribution in [-0.4, -0.2) is 37.1 Å². The Morgan fingerprint density at radius 2 is 1.25 bits per heavy atom. The van der Waals surface area contributed by atoms with Crippen LogP contribution in [0.25, 0.3) is 0 Å². The van der Waals surface area contributed by atoms with Crippen molar-refractivity contribution in [2.45, 2.75) is 40.0 Å². The molecule has 2 N–H and O–H groups in total. The number of para-hydroxylation sites is 4. The summed E-state index contributed by atoms with van der Waals surface area (Å²) in [7, 11) is 0. The summed E-state index contributed by atoms with van der Waals surface area (Å²) in [5.41, 5.74) is 6.88. The van der Waals surface area contributed by atoms with Crippen LogP contribution in [0.15, 0.2) is 82.8 Å². The molecule has 0 unspecified atom stereocenters. The van der Waals surface area contributed by atoms with E-state index in [9.17, 15) is 0 Å². The van der Waals surface area contributed by atoms with E-state index < -0.39 is 0 Å². The second-order valence-electron chi connectivity index (χ2n) is 9.96. The fraction of sp³-hybridized carbons (Fsp3) is 0.333. The minimum Gasteiger partial charge on any atom is -0.475 e. The average molecular weight is 483 g/mol. The van der Waals surface area contributed by atoms with Gasteiger partial charge in [-0.25, -0.2) is 4.99 Å². The van der Waals surface area contributed by atoms with E-state index in [0.717, 1.165) is 39.6 Å². The second-order valence-corrected chi connectivity index (χ2v) is 9.96. The summed E-state index contributed by atoms with van der Waals surface area (Å²) >= 11 is 0. The van der Waals surface area contributed by atoms with Gasteiger partial charge < -0.3 is 20.1 Å². The predicted octanol–water partition coefficient (Wildman–Crippen LogP) is 6.78. The molecule has 0 saturated heterocycles. The van der Waals surface area contributed by atoms with Crippen LogP contribution in [0.4, 0.5) is 22.7 Å². The standard InChI is InChI=1S/C30H34N4O2/c1-19(2)27-17-36-30(33-27)22-12-6-8-14-24(22)32-26-16-10-9-15-25(26)31-23-13-7-5-11-21(23)28-18-35-29(34-28)20(3)4/h5-16,19-20,27,29,31-32H,17-18H2,1-4H3/t27-,29-/m1/s1. The van der Waals surface area contributed by atoms with Crippen molar-refractivity contribution in [1.29, 1.82) is 0 Å². The number of nitrogens with zero attached hydrogens (tertiary/aromatic N) is 2. The molecule has 2 aliphatic heterocycles. The predicted molar refractivity (Wildman–Crippen MR) is 148 cm³/mol. The van der Waals surface area contributed by atoms with Crippen molar-refractivity contribution in [3.8, 4) is 0 Å². The molecule has 5 rings (SSSR count). The highest BCUT2D eigenvalue weighted by atomic mass is 16.5. The van der Waals surface area contributed by atoms with Crippen LogP contribution in [0.3, 0.4) is 0 Å². The van der Waals surface area contributed by atoms with E-state index in [2.05, 4.69) is 74.7 Å². The smallest absolute Gasteiger partial charge is 0.218 e. The van der Waals surface area contributed by atoms with Crippen molar-refractivity contribution in [2.75, 3.05) is 23.8 Å². The zero-order chi connectivity index (χ0) is 25.1. The number of ether oxygens (including phenoxy) is 2. The third-order valence-electron chi connectivity index (χ3n) is 6.55. The molecule has 6 heteroatoms. The van der Waals surface area contributed by atoms with Crippen LogP contribution in [0.2, 0.25) is 0 Å².